The maximum absolute atomic E-state index is 13.4. The highest BCUT2D eigenvalue weighted by Gasteiger charge is 2.20. The van der Waals surface area contributed by atoms with Crippen LogP contribution in [0.5, 0.6) is 0 Å². The van der Waals surface area contributed by atoms with Gasteiger partial charge in [-0.1, -0.05) is 0 Å². The molecule has 1 aromatic carbocycles. The number of aliphatic hydroxyl groups excluding tert-OH is 1. The molecule has 0 amide bonds. The van der Waals surface area contributed by atoms with Crippen molar-refractivity contribution in [1.82, 2.24) is 0 Å². The Hall–Kier alpha value is -0.610. The second kappa shape index (κ2) is 4.10. The summed E-state index contributed by atoms with van der Waals surface area (Å²) in [5.41, 5.74) is 1.88. The fourth-order valence-corrected chi connectivity index (χ4v) is 2.33. The molecule has 0 aliphatic carbocycles. The monoisotopic (exact) mass is 273 g/mol. The van der Waals surface area contributed by atoms with Crippen LogP contribution in [0, 0.1) is 5.82 Å². The highest BCUT2D eigenvalue weighted by molar-refractivity contribution is 9.10. The Labute approximate surface area is 96.8 Å². The molecule has 82 valence electrons. The van der Waals surface area contributed by atoms with Crippen LogP contribution in [0.15, 0.2) is 16.6 Å². The average molecular weight is 274 g/mol. The molecular formula is C11H13BrFNO. The molecule has 1 aliphatic heterocycles. The van der Waals surface area contributed by atoms with E-state index in [4.69, 9.17) is 0 Å². The van der Waals surface area contributed by atoms with Gasteiger partial charge in [0.05, 0.1) is 4.47 Å². The van der Waals surface area contributed by atoms with E-state index in [1.165, 1.54) is 6.07 Å². The first-order valence-corrected chi connectivity index (χ1v) is 5.77. The van der Waals surface area contributed by atoms with Crippen molar-refractivity contribution < 1.29 is 9.50 Å². The Morgan fingerprint density at radius 2 is 2.27 bits per heavy atom. The van der Waals surface area contributed by atoms with Crippen molar-refractivity contribution in [3.8, 4) is 0 Å². The lowest BCUT2D eigenvalue weighted by Crippen LogP contribution is -2.30. The van der Waals surface area contributed by atoms with Crippen LogP contribution in [0.25, 0.3) is 0 Å². The smallest absolute Gasteiger partial charge is 0.139 e. The number of benzene rings is 1. The Bertz CT molecular complexity index is 383. The van der Waals surface area contributed by atoms with Crippen molar-refractivity contribution in [2.75, 3.05) is 11.9 Å². The van der Waals surface area contributed by atoms with Crippen molar-refractivity contribution in [2.45, 2.75) is 25.5 Å². The first-order chi connectivity index (χ1) is 7.09. The topological polar surface area (TPSA) is 23.5 Å². The van der Waals surface area contributed by atoms with E-state index in [1.54, 1.807) is 18.0 Å². The number of fused-ring (bicyclic) bond motifs is 1. The van der Waals surface area contributed by atoms with Crippen LogP contribution in [0.1, 0.15) is 18.4 Å². The van der Waals surface area contributed by atoms with E-state index in [1.807, 2.05) is 0 Å². The van der Waals surface area contributed by atoms with Crippen LogP contribution < -0.4 is 4.90 Å². The van der Waals surface area contributed by atoms with Crippen LogP contribution in [0.3, 0.4) is 0 Å². The van der Waals surface area contributed by atoms with Gasteiger partial charge in [-0.15, -0.1) is 0 Å². The maximum Gasteiger partial charge on any atom is 0.139 e. The lowest BCUT2D eigenvalue weighted by molar-refractivity contribution is 0.165. The Morgan fingerprint density at radius 1 is 1.53 bits per heavy atom. The number of halogens is 2. The van der Waals surface area contributed by atoms with Crippen molar-refractivity contribution >= 4 is 21.6 Å². The number of aliphatic hydroxyl groups is 1. The Balaban J connectivity index is 2.49. The zero-order valence-electron chi connectivity index (χ0n) is 8.50. The molecule has 1 atom stereocenters. The number of aryl methyl sites for hydroxylation is 1. The predicted octanol–water partition coefficient (Wildman–Crippen LogP) is 2.68. The summed E-state index contributed by atoms with van der Waals surface area (Å²) in [5, 5.41) is 9.76. The molecule has 1 unspecified atom stereocenters. The third-order valence-corrected chi connectivity index (χ3v) is 3.46. The molecule has 1 N–H and O–H groups in total. The molecule has 2 rings (SSSR count). The van der Waals surface area contributed by atoms with E-state index < -0.39 is 6.23 Å². The quantitative estimate of drug-likeness (QED) is 0.786. The lowest BCUT2D eigenvalue weighted by atomic mass is 10.1. The molecule has 4 heteroatoms. The van der Waals surface area contributed by atoms with Crippen molar-refractivity contribution in [2.24, 2.45) is 0 Å². The highest BCUT2D eigenvalue weighted by atomic mass is 79.9. The summed E-state index contributed by atoms with van der Waals surface area (Å²) in [7, 11) is 1.79. The lowest BCUT2D eigenvalue weighted by Gasteiger charge is -2.24. The fraction of sp³-hybridized carbons (Fsp3) is 0.455. The van der Waals surface area contributed by atoms with Gasteiger partial charge in [-0.05, 0) is 52.9 Å². The van der Waals surface area contributed by atoms with E-state index >= 15 is 0 Å². The van der Waals surface area contributed by atoms with Crippen molar-refractivity contribution in [3.05, 3.63) is 28.0 Å². The minimum atomic E-state index is -0.508. The minimum Gasteiger partial charge on any atom is -0.374 e. The largest absolute Gasteiger partial charge is 0.374 e. The molecule has 1 aromatic rings. The molecule has 0 saturated heterocycles. The van der Waals surface area contributed by atoms with E-state index in [9.17, 15) is 9.50 Å². The van der Waals surface area contributed by atoms with Gasteiger partial charge >= 0.3 is 0 Å². The summed E-state index contributed by atoms with van der Waals surface area (Å²) in [4.78, 5) is 1.73. The summed E-state index contributed by atoms with van der Waals surface area (Å²) >= 11 is 3.18. The van der Waals surface area contributed by atoms with Gasteiger partial charge < -0.3 is 10.0 Å². The Kier molecular flexibility index (Phi) is 2.98. The molecule has 0 bridgehead atoms. The summed E-state index contributed by atoms with van der Waals surface area (Å²) in [6, 6.07) is 3.28. The molecule has 15 heavy (non-hydrogen) atoms. The zero-order valence-corrected chi connectivity index (χ0v) is 10.1. The molecule has 0 spiro atoms. The third kappa shape index (κ3) is 2.01. The molecule has 0 radical (unpaired) electrons. The summed E-state index contributed by atoms with van der Waals surface area (Å²) in [5.74, 6) is -0.283. The summed E-state index contributed by atoms with van der Waals surface area (Å²) in [6.07, 6.45) is 2.03. The van der Waals surface area contributed by atoms with Crippen LogP contribution in [-0.2, 0) is 6.42 Å². The third-order valence-electron chi connectivity index (χ3n) is 2.86. The normalized spacial score (nSPS) is 21.1. The predicted molar refractivity (Wildman–Crippen MR) is 61.4 cm³/mol. The van der Waals surface area contributed by atoms with E-state index in [0.717, 1.165) is 30.5 Å². The minimum absolute atomic E-state index is 0.283. The molecule has 0 fully saturated rings. The maximum atomic E-state index is 13.4. The first kappa shape index (κ1) is 10.9. The average Bonchev–Trinajstić information content (AvgIpc) is 2.32. The number of rotatable bonds is 0. The molecule has 1 aliphatic rings. The van der Waals surface area contributed by atoms with Gasteiger partial charge in [-0.3, -0.25) is 0 Å². The second-order valence-corrected chi connectivity index (χ2v) is 4.73. The zero-order chi connectivity index (χ0) is 11.0. The van der Waals surface area contributed by atoms with E-state index in [-0.39, 0.29) is 5.82 Å². The first-order valence-electron chi connectivity index (χ1n) is 4.98. The summed E-state index contributed by atoms with van der Waals surface area (Å²) < 4.78 is 13.9. The number of hydrogen-bond acceptors (Lipinski definition) is 2. The van der Waals surface area contributed by atoms with Gasteiger partial charge in [0.2, 0.25) is 0 Å². The van der Waals surface area contributed by atoms with Gasteiger partial charge in [0, 0.05) is 12.7 Å². The molecule has 2 nitrogen and oxygen atoms in total. The SMILES string of the molecule is CN1c2cc(F)c(Br)cc2CCCC1O. The van der Waals surface area contributed by atoms with Crippen molar-refractivity contribution in [1.29, 1.82) is 0 Å². The van der Waals surface area contributed by atoms with Gasteiger partial charge in [0.25, 0.3) is 0 Å². The molecule has 1 heterocycles. The number of anilines is 1. The highest BCUT2D eigenvalue weighted by Crippen LogP contribution is 2.31. The van der Waals surface area contributed by atoms with Gasteiger partial charge in [0.1, 0.15) is 12.0 Å². The van der Waals surface area contributed by atoms with Gasteiger partial charge in [-0.25, -0.2) is 4.39 Å². The van der Waals surface area contributed by atoms with Crippen LogP contribution in [0.4, 0.5) is 10.1 Å². The van der Waals surface area contributed by atoms with Crippen LogP contribution in [0.2, 0.25) is 0 Å². The van der Waals surface area contributed by atoms with Crippen molar-refractivity contribution in [3.63, 3.8) is 0 Å². The van der Waals surface area contributed by atoms with Crippen LogP contribution in [-0.4, -0.2) is 18.4 Å². The van der Waals surface area contributed by atoms with E-state index in [2.05, 4.69) is 15.9 Å². The second-order valence-electron chi connectivity index (χ2n) is 3.88. The van der Waals surface area contributed by atoms with E-state index in [0.29, 0.717) is 4.47 Å². The van der Waals surface area contributed by atoms with Crippen LogP contribution >= 0.6 is 15.9 Å². The number of hydrogen-bond donors (Lipinski definition) is 1. The molecular weight excluding hydrogens is 261 g/mol. The summed E-state index contributed by atoms with van der Waals surface area (Å²) in [6.45, 7) is 0. The van der Waals surface area contributed by atoms with Gasteiger partial charge in [-0.2, -0.15) is 0 Å². The Morgan fingerprint density at radius 3 is 3.00 bits per heavy atom. The van der Waals surface area contributed by atoms with Gasteiger partial charge in [0.15, 0.2) is 0 Å². The fourth-order valence-electron chi connectivity index (χ4n) is 1.94. The standard InChI is InChI=1S/C11H13BrFNO/c1-14-10-6-9(13)8(12)5-7(10)3-2-4-11(14)15/h5-6,11,15H,2-4H2,1H3. The molecule has 0 saturated carbocycles. The molecule has 0 aromatic heterocycles. The number of nitrogens with zero attached hydrogens (tertiary/aromatic N) is 1.